The molecule has 2 aliphatic heterocycles. The molecule has 0 saturated carbocycles. The number of rotatable bonds is 3. The molecule has 96 valence electrons. The summed E-state index contributed by atoms with van der Waals surface area (Å²) in [5.41, 5.74) is 2.60. The van der Waals surface area contributed by atoms with Crippen molar-refractivity contribution in [2.24, 2.45) is 0 Å². The van der Waals surface area contributed by atoms with Crippen LogP contribution < -0.4 is 5.32 Å². The van der Waals surface area contributed by atoms with E-state index in [0.717, 1.165) is 19.5 Å². The number of fused-ring (bicyclic) bond motifs is 1. The summed E-state index contributed by atoms with van der Waals surface area (Å²) in [7, 11) is 0. The number of hydrogen-bond donors (Lipinski definition) is 1. The molecule has 0 aromatic heterocycles. The molecule has 1 amide bonds. The van der Waals surface area contributed by atoms with Gasteiger partial charge in [-0.2, -0.15) is 0 Å². The Labute approximate surface area is 108 Å². The number of aryl methyl sites for hydroxylation is 1. The Morgan fingerprint density at radius 2 is 2.33 bits per heavy atom. The second kappa shape index (κ2) is 4.73. The molecule has 2 saturated heterocycles. The first-order valence-corrected chi connectivity index (χ1v) is 6.82. The fourth-order valence-corrected chi connectivity index (χ4v) is 3.24. The largest absolute Gasteiger partial charge is 0.338 e. The van der Waals surface area contributed by atoms with E-state index in [9.17, 15) is 4.79 Å². The maximum atomic E-state index is 11.8. The second-order valence-electron chi connectivity index (χ2n) is 5.48. The maximum absolute atomic E-state index is 11.8. The van der Waals surface area contributed by atoms with Crippen molar-refractivity contribution in [1.29, 1.82) is 0 Å². The van der Waals surface area contributed by atoms with Gasteiger partial charge < -0.3 is 10.2 Å². The molecular weight excluding hydrogens is 224 g/mol. The Bertz CT molecular complexity index is 458. The molecule has 2 heterocycles. The molecular formula is C15H20N2O. The SMILES string of the molecule is Cc1cccc(CNC2CC(=O)N3CCCC23)c1. The fourth-order valence-electron chi connectivity index (χ4n) is 3.24. The minimum Gasteiger partial charge on any atom is -0.338 e. The highest BCUT2D eigenvalue weighted by atomic mass is 16.2. The number of carbonyl (C=O) groups is 1. The van der Waals surface area contributed by atoms with Crippen molar-refractivity contribution in [2.45, 2.75) is 44.8 Å². The average molecular weight is 244 g/mol. The van der Waals surface area contributed by atoms with E-state index < -0.39 is 0 Å². The van der Waals surface area contributed by atoms with Crippen LogP contribution in [0.1, 0.15) is 30.4 Å². The number of nitrogens with one attached hydrogen (secondary N) is 1. The molecule has 3 nitrogen and oxygen atoms in total. The Balaban J connectivity index is 1.62. The molecule has 0 radical (unpaired) electrons. The van der Waals surface area contributed by atoms with E-state index in [-0.39, 0.29) is 0 Å². The highest BCUT2D eigenvalue weighted by Crippen LogP contribution is 2.29. The van der Waals surface area contributed by atoms with Crippen LogP contribution in [0, 0.1) is 6.92 Å². The van der Waals surface area contributed by atoms with Gasteiger partial charge in [-0.1, -0.05) is 29.8 Å². The van der Waals surface area contributed by atoms with Gasteiger partial charge in [0.2, 0.25) is 5.91 Å². The monoisotopic (exact) mass is 244 g/mol. The van der Waals surface area contributed by atoms with E-state index in [4.69, 9.17) is 0 Å². The van der Waals surface area contributed by atoms with Crippen molar-refractivity contribution in [3.05, 3.63) is 35.4 Å². The zero-order valence-corrected chi connectivity index (χ0v) is 10.9. The molecule has 1 aromatic rings. The zero-order valence-electron chi connectivity index (χ0n) is 10.9. The molecule has 18 heavy (non-hydrogen) atoms. The van der Waals surface area contributed by atoms with Gasteiger partial charge in [0.15, 0.2) is 0 Å². The van der Waals surface area contributed by atoms with Crippen LogP contribution in [0.3, 0.4) is 0 Å². The van der Waals surface area contributed by atoms with Gasteiger partial charge in [0.05, 0.1) is 0 Å². The molecule has 0 bridgehead atoms. The van der Waals surface area contributed by atoms with Crippen molar-refractivity contribution in [2.75, 3.05) is 6.54 Å². The maximum Gasteiger partial charge on any atom is 0.224 e. The van der Waals surface area contributed by atoms with Crippen molar-refractivity contribution in [3.63, 3.8) is 0 Å². The lowest BCUT2D eigenvalue weighted by molar-refractivity contribution is -0.127. The van der Waals surface area contributed by atoms with Crippen LogP contribution in [-0.4, -0.2) is 29.4 Å². The van der Waals surface area contributed by atoms with E-state index >= 15 is 0 Å². The molecule has 3 heteroatoms. The predicted molar refractivity (Wildman–Crippen MR) is 71.2 cm³/mol. The third-order valence-electron chi connectivity index (χ3n) is 4.13. The standard InChI is InChI=1S/C15H20N2O/c1-11-4-2-5-12(8-11)10-16-13-9-15(18)17-7-3-6-14(13)17/h2,4-5,8,13-14,16H,3,6-7,9-10H2,1H3. The van der Waals surface area contributed by atoms with Crippen LogP contribution in [0.15, 0.2) is 24.3 Å². The first-order chi connectivity index (χ1) is 8.74. The van der Waals surface area contributed by atoms with E-state index in [1.54, 1.807) is 0 Å². The lowest BCUT2D eigenvalue weighted by Gasteiger charge is -2.21. The lowest BCUT2D eigenvalue weighted by Crippen LogP contribution is -2.38. The molecule has 2 fully saturated rings. The number of hydrogen-bond acceptors (Lipinski definition) is 2. The van der Waals surface area contributed by atoms with Crippen LogP contribution in [0.4, 0.5) is 0 Å². The van der Waals surface area contributed by atoms with Gasteiger partial charge in [-0.05, 0) is 25.3 Å². The van der Waals surface area contributed by atoms with E-state index in [1.807, 2.05) is 0 Å². The van der Waals surface area contributed by atoms with Gasteiger partial charge in [-0.25, -0.2) is 0 Å². The summed E-state index contributed by atoms with van der Waals surface area (Å²) in [6, 6.07) is 9.34. The predicted octanol–water partition coefficient (Wildman–Crippen LogP) is 1.85. The van der Waals surface area contributed by atoms with E-state index in [2.05, 4.69) is 41.4 Å². The number of benzene rings is 1. The summed E-state index contributed by atoms with van der Waals surface area (Å²) in [6.45, 7) is 3.94. The topological polar surface area (TPSA) is 32.3 Å². The fraction of sp³-hybridized carbons (Fsp3) is 0.533. The van der Waals surface area contributed by atoms with Crippen LogP contribution in [0.25, 0.3) is 0 Å². The van der Waals surface area contributed by atoms with Crippen LogP contribution in [-0.2, 0) is 11.3 Å². The van der Waals surface area contributed by atoms with Crippen LogP contribution in [0.2, 0.25) is 0 Å². The molecule has 3 rings (SSSR count). The highest BCUT2D eigenvalue weighted by Gasteiger charge is 2.41. The lowest BCUT2D eigenvalue weighted by atomic mass is 10.1. The second-order valence-corrected chi connectivity index (χ2v) is 5.48. The van der Waals surface area contributed by atoms with Crippen molar-refractivity contribution in [3.8, 4) is 0 Å². The van der Waals surface area contributed by atoms with E-state index in [1.165, 1.54) is 17.5 Å². The van der Waals surface area contributed by atoms with Crippen LogP contribution >= 0.6 is 0 Å². The van der Waals surface area contributed by atoms with Crippen molar-refractivity contribution < 1.29 is 4.79 Å². The number of nitrogens with zero attached hydrogens (tertiary/aromatic N) is 1. The quantitative estimate of drug-likeness (QED) is 0.880. The summed E-state index contributed by atoms with van der Waals surface area (Å²) >= 11 is 0. The summed E-state index contributed by atoms with van der Waals surface area (Å²) in [5.74, 6) is 0.333. The number of amides is 1. The van der Waals surface area contributed by atoms with Crippen molar-refractivity contribution in [1.82, 2.24) is 10.2 Å². The first kappa shape index (κ1) is 11.7. The van der Waals surface area contributed by atoms with Gasteiger partial charge in [-0.3, -0.25) is 4.79 Å². The Morgan fingerprint density at radius 1 is 1.44 bits per heavy atom. The third kappa shape index (κ3) is 2.15. The molecule has 1 N–H and O–H groups in total. The van der Waals surface area contributed by atoms with Gasteiger partial charge >= 0.3 is 0 Å². The summed E-state index contributed by atoms with van der Waals surface area (Å²) in [4.78, 5) is 13.9. The third-order valence-corrected chi connectivity index (χ3v) is 4.13. The van der Waals surface area contributed by atoms with Gasteiger partial charge in [0, 0.05) is 31.6 Å². The zero-order chi connectivity index (χ0) is 12.5. The smallest absolute Gasteiger partial charge is 0.224 e. The Hall–Kier alpha value is -1.35. The minimum atomic E-state index is 0.333. The molecule has 0 aliphatic carbocycles. The molecule has 1 aromatic carbocycles. The summed E-state index contributed by atoms with van der Waals surface area (Å²) < 4.78 is 0. The van der Waals surface area contributed by atoms with Crippen LogP contribution in [0.5, 0.6) is 0 Å². The summed E-state index contributed by atoms with van der Waals surface area (Å²) in [5, 5.41) is 3.56. The Morgan fingerprint density at radius 3 is 3.17 bits per heavy atom. The van der Waals surface area contributed by atoms with Gasteiger partial charge in [-0.15, -0.1) is 0 Å². The molecule has 2 aliphatic rings. The van der Waals surface area contributed by atoms with Crippen molar-refractivity contribution >= 4 is 5.91 Å². The molecule has 0 spiro atoms. The minimum absolute atomic E-state index is 0.333. The normalized spacial score (nSPS) is 26.7. The van der Waals surface area contributed by atoms with Gasteiger partial charge in [0.1, 0.15) is 0 Å². The average Bonchev–Trinajstić information content (AvgIpc) is 2.92. The molecule has 2 unspecified atom stereocenters. The molecule has 2 atom stereocenters. The number of carbonyl (C=O) groups excluding carboxylic acids is 1. The Kier molecular flexibility index (Phi) is 3.08. The van der Waals surface area contributed by atoms with Gasteiger partial charge in [0.25, 0.3) is 0 Å². The first-order valence-electron chi connectivity index (χ1n) is 6.82. The van der Waals surface area contributed by atoms with E-state index in [0.29, 0.717) is 24.4 Å². The summed E-state index contributed by atoms with van der Waals surface area (Å²) in [6.07, 6.45) is 3.01. The highest BCUT2D eigenvalue weighted by molar-refractivity contribution is 5.80.